The summed E-state index contributed by atoms with van der Waals surface area (Å²) in [7, 11) is 0. The standard InChI is InChI=1S/C5H11NS.C5H8OS/c2*1-5(2)4(6)3-7-5/h4H,3,6H2,1-2H3;3H2,1-2H3. The topological polar surface area (TPSA) is 43.1 Å². The van der Waals surface area contributed by atoms with E-state index in [1.807, 2.05) is 25.6 Å². The molecule has 2 aliphatic rings. The van der Waals surface area contributed by atoms with Gasteiger partial charge in [0.1, 0.15) is 0 Å². The molecule has 2 heterocycles. The Hall–Kier alpha value is 0.330. The van der Waals surface area contributed by atoms with Crippen LogP contribution in [0, 0.1) is 0 Å². The van der Waals surface area contributed by atoms with Gasteiger partial charge in [0.25, 0.3) is 0 Å². The van der Waals surface area contributed by atoms with Crippen LogP contribution in [0.2, 0.25) is 0 Å². The molecule has 0 amide bonds. The summed E-state index contributed by atoms with van der Waals surface area (Å²) in [6.07, 6.45) is 0. The molecular formula is C10H19NOS2. The van der Waals surface area contributed by atoms with E-state index in [9.17, 15) is 4.79 Å². The summed E-state index contributed by atoms with van der Waals surface area (Å²) in [6, 6.07) is 0.442. The third-order valence-corrected chi connectivity index (χ3v) is 5.69. The van der Waals surface area contributed by atoms with Crippen molar-refractivity contribution in [3.63, 3.8) is 0 Å². The maximum Gasteiger partial charge on any atom is 0.158 e. The Kier molecular flexibility index (Phi) is 3.60. The third-order valence-electron chi connectivity index (χ3n) is 2.76. The van der Waals surface area contributed by atoms with Gasteiger partial charge in [-0.1, -0.05) is 0 Å². The van der Waals surface area contributed by atoms with E-state index in [1.54, 1.807) is 11.8 Å². The predicted molar refractivity (Wildman–Crippen MR) is 66.1 cm³/mol. The van der Waals surface area contributed by atoms with E-state index in [1.165, 1.54) is 0 Å². The molecule has 2 fully saturated rings. The molecule has 2 nitrogen and oxygen atoms in total. The van der Waals surface area contributed by atoms with Crippen LogP contribution in [0.1, 0.15) is 27.7 Å². The lowest BCUT2D eigenvalue weighted by atomic mass is 10.1. The Morgan fingerprint density at radius 2 is 1.71 bits per heavy atom. The van der Waals surface area contributed by atoms with Crippen molar-refractivity contribution in [2.75, 3.05) is 11.5 Å². The summed E-state index contributed by atoms with van der Waals surface area (Å²) in [5.41, 5.74) is 5.64. The summed E-state index contributed by atoms with van der Waals surface area (Å²) in [4.78, 5) is 10.5. The fourth-order valence-corrected chi connectivity index (χ4v) is 2.80. The first-order chi connectivity index (χ1) is 6.26. The highest BCUT2D eigenvalue weighted by Crippen LogP contribution is 2.38. The molecule has 0 saturated carbocycles. The largest absolute Gasteiger partial charge is 0.326 e. The van der Waals surface area contributed by atoms with E-state index >= 15 is 0 Å². The Balaban J connectivity index is 0.000000140. The maximum atomic E-state index is 10.5. The zero-order valence-electron chi connectivity index (χ0n) is 9.29. The second-order valence-electron chi connectivity index (χ2n) is 4.74. The molecule has 0 radical (unpaired) electrons. The van der Waals surface area contributed by atoms with Crippen molar-refractivity contribution in [3.05, 3.63) is 0 Å². The molecule has 0 aliphatic carbocycles. The van der Waals surface area contributed by atoms with Crippen LogP contribution in [0.3, 0.4) is 0 Å². The average molecular weight is 233 g/mol. The molecule has 0 aromatic rings. The van der Waals surface area contributed by atoms with Crippen LogP contribution in [0.25, 0.3) is 0 Å². The van der Waals surface area contributed by atoms with Crippen molar-refractivity contribution >= 4 is 29.3 Å². The Morgan fingerprint density at radius 3 is 1.71 bits per heavy atom. The zero-order chi connectivity index (χ0) is 11.0. The highest BCUT2D eigenvalue weighted by Gasteiger charge is 2.37. The Labute approximate surface area is 94.8 Å². The van der Waals surface area contributed by atoms with Gasteiger partial charge in [-0.05, 0) is 27.7 Å². The minimum absolute atomic E-state index is 0.0417. The van der Waals surface area contributed by atoms with Crippen LogP contribution < -0.4 is 5.73 Å². The number of carbonyl (C=O) groups is 1. The minimum atomic E-state index is -0.0417. The van der Waals surface area contributed by atoms with E-state index in [2.05, 4.69) is 13.8 Å². The van der Waals surface area contributed by atoms with Crippen LogP contribution >= 0.6 is 23.5 Å². The monoisotopic (exact) mass is 233 g/mol. The van der Waals surface area contributed by atoms with Crippen LogP contribution in [0.15, 0.2) is 0 Å². The molecule has 2 N–H and O–H groups in total. The number of nitrogens with two attached hydrogens (primary N) is 1. The number of Topliss-reactive ketones (excluding diaryl/α,β-unsaturated/α-hetero) is 1. The number of carbonyl (C=O) groups excluding carboxylic acids is 1. The molecule has 2 rings (SSSR count). The zero-order valence-corrected chi connectivity index (χ0v) is 10.9. The second-order valence-corrected chi connectivity index (χ2v) is 8.02. The highest BCUT2D eigenvalue weighted by molar-refractivity contribution is 8.04. The van der Waals surface area contributed by atoms with E-state index in [0.29, 0.717) is 16.6 Å². The molecule has 0 aromatic carbocycles. The third kappa shape index (κ3) is 2.67. The van der Waals surface area contributed by atoms with Gasteiger partial charge in [0, 0.05) is 16.5 Å². The summed E-state index contributed by atoms with van der Waals surface area (Å²) in [6.45, 7) is 8.30. The van der Waals surface area contributed by atoms with E-state index in [-0.39, 0.29) is 4.75 Å². The van der Waals surface area contributed by atoms with Gasteiger partial charge in [-0.25, -0.2) is 0 Å². The predicted octanol–water partition coefficient (Wildman–Crippen LogP) is 1.92. The summed E-state index contributed by atoms with van der Waals surface area (Å²) >= 11 is 3.67. The minimum Gasteiger partial charge on any atom is -0.326 e. The van der Waals surface area contributed by atoms with Crippen LogP contribution in [0.5, 0.6) is 0 Å². The Morgan fingerprint density at radius 1 is 1.29 bits per heavy atom. The Bertz CT molecular complexity index is 238. The quantitative estimate of drug-likeness (QED) is 0.694. The molecule has 0 spiro atoms. The molecule has 82 valence electrons. The van der Waals surface area contributed by atoms with Crippen molar-refractivity contribution in [2.45, 2.75) is 43.2 Å². The van der Waals surface area contributed by atoms with Crippen molar-refractivity contribution in [2.24, 2.45) is 5.73 Å². The number of hydrogen-bond acceptors (Lipinski definition) is 4. The first kappa shape index (κ1) is 12.4. The average Bonchev–Trinajstić information content (AvgIpc) is 2.14. The number of rotatable bonds is 0. The van der Waals surface area contributed by atoms with Crippen molar-refractivity contribution in [1.82, 2.24) is 0 Å². The van der Waals surface area contributed by atoms with Gasteiger partial charge in [0.2, 0.25) is 0 Å². The molecule has 1 atom stereocenters. The van der Waals surface area contributed by atoms with Gasteiger partial charge in [0.05, 0.1) is 10.5 Å². The van der Waals surface area contributed by atoms with Gasteiger partial charge in [-0.15, -0.1) is 11.8 Å². The molecule has 0 aromatic heterocycles. The van der Waals surface area contributed by atoms with Crippen LogP contribution in [-0.2, 0) is 4.79 Å². The lowest BCUT2D eigenvalue weighted by Crippen LogP contribution is -2.51. The summed E-state index contributed by atoms with van der Waals surface area (Å²) in [5, 5.41) is 0. The van der Waals surface area contributed by atoms with Crippen molar-refractivity contribution in [1.29, 1.82) is 0 Å². The van der Waals surface area contributed by atoms with E-state index in [4.69, 9.17) is 5.73 Å². The van der Waals surface area contributed by atoms with Crippen molar-refractivity contribution < 1.29 is 4.79 Å². The first-order valence-corrected chi connectivity index (χ1v) is 6.79. The smallest absolute Gasteiger partial charge is 0.158 e. The SMILES string of the molecule is CC1(C)SCC1=O.CC1(C)SCC1N. The molecule has 14 heavy (non-hydrogen) atoms. The van der Waals surface area contributed by atoms with Gasteiger partial charge in [-0.2, -0.15) is 11.8 Å². The molecule has 2 aliphatic heterocycles. The number of thioether (sulfide) groups is 2. The molecule has 4 heteroatoms. The highest BCUT2D eigenvalue weighted by atomic mass is 32.2. The van der Waals surface area contributed by atoms with Gasteiger partial charge in [0.15, 0.2) is 5.78 Å². The number of hydrogen-bond donors (Lipinski definition) is 1. The van der Waals surface area contributed by atoms with Gasteiger partial charge < -0.3 is 5.73 Å². The maximum absolute atomic E-state index is 10.5. The van der Waals surface area contributed by atoms with Crippen LogP contribution in [0.4, 0.5) is 0 Å². The fourth-order valence-electron chi connectivity index (χ4n) is 0.933. The summed E-state index contributed by atoms with van der Waals surface area (Å²) in [5.74, 6) is 2.26. The second kappa shape index (κ2) is 4.06. The number of ketones is 1. The molecule has 2 saturated heterocycles. The van der Waals surface area contributed by atoms with Gasteiger partial charge in [-0.3, -0.25) is 4.79 Å². The first-order valence-electron chi connectivity index (χ1n) is 4.82. The van der Waals surface area contributed by atoms with Crippen molar-refractivity contribution in [3.8, 4) is 0 Å². The molecule has 1 unspecified atom stereocenters. The molecule has 0 bridgehead atoms. The van der Waals surface area contributed by atoms with E-state index in [0.717, 1.165) is 11.5 Å². The van der Waals surface area contributed by atoms with E-state index < -0.39 is 0 Å². The lowest BCUT2D eigenvalue weighted by molar-refractivity contribution is -0.119. The molecular weight excluding hydrogens is 214 g/mol. The fraction of sp³-hybridized carbons (Fsp3) is 0.900. The lowest BCUT2D eigenvalue weighted by Gasteiger charge is -2.40. The van der Waals surface area contributed by atoms with Crippen LogP contribution in [-0.4, -0.2) is 32.8 Å². The van der Waals surface area contributed by atoms with Gasteiger partial charge >= 0.3 is 0 Å². The summed E-state index contributed by atoms with van der Waals surface area (Å²) < 4.78 is 0.333. The normalized spacial score (nSPS) is 32.1.